The molecule has 0 spiro atoms. The van der Waals surface area contributed by atoms with E-state index in [0.29, 0.717) is 10.8 Å². The topological polar surface area (TPSA) is 85.0 Å². The Labute approximate surface area is 102 Å². The van der Waals surface area contributed by atoms with Crippen molar-refractivity contribution in [1.29, 1.82) is 5.26 Å². The molecule has 2 aromatic rings. The van der Waals surface area contributed by atoms with Gasteiger partial charge >= 0.3 is 5.97 Å². The Hall–Kier alpha value is -2.68. The van der Waals surface area contributed by atoms with Crippen molar-refractivity contribution in [3.05, 3.63) is 34.6 Å². The van der Waals surface area contributed by atoms with Crippen LogP contribution in [0.1, 0.15) is 6.92 Å². The molecule has 6 nitrogen and oxygen atoms in total. The summed E-state index contributed by atoms with van der Waals surface area (Å²) in [5, 5.41) is 13.3. The quantitative estimate of drug-likeness (QED) is 0.730. The second-order valence-electron chi connectivity index (χ2n) is 3.57. The largest absolute Gasteiger partial charge is 0.405 e. The number of hydrogen-bond acceptors (Lipinski definition) is 5. The summed E-state index contributed by atoms with van der Waals surface area (Å²) in [7, 11) is 0. The third-order valence-corrected chi connectivity index (χ3v) is 2.29. The number of esters is 1. The summed E-state index contributed by atoms with van der Waals surface area (Å²) >= 11 is 0. The van der Waals surface area contributed by atoms with Crippen molar-refractivity contribution in [2.45, 2.75) is 13.5 Å². The van der Waals surface area contributed by atoms with Gasteiger partial charge < -0.3 is 4.74 Å². The van der Waals surface area contributed by atoms with Crippen molar-refractivity contribution in [2.75, 3.05) is 0 Å². The predicted octanol–water partition coefficient (Wildman–Crippen LogP) is 0.845. The molecule has 0 unspecified atom stereocenters. The Balaban J connectivity index is 2.76. The van der Waals surface area contributed by atoms with Gasteiger partial charge in [-0.15, -0.1) is 5.10 Å². The van der Waals surface area contributed by atoms with E-state index in [0.717, 1.165) is 4.68 Å². The van der Waals surface area contributed by atoms with Crippen LogP contribution in [0.15, 0.2) is 29.1 Å². The maximum absolute atomic E-state index is 12.0. The second kappa shape index (κ2) is 4.67. The van der Waals surface area contributed by atoms with Crippen molar-refractivity contribution in [3.8, 4) is 11.9 Å². The molecule has 0 fully saturated rings. The number of rotatable bonds is 2. The van der Waals surface area contributed by atoms with Crippen molar-refractivity contribution >= 4 is 16.7 Å². The maximum atomic E-state index is 12.0. The number of benzene rings is 1. The Bertz CT molecular complexity index is 713. The van der Waals surface area contributed by atoms with E-state index in [9.17, 15) is 9.59 Å². The molecule has 0 aliphatic carbocycles. The van der Waals surface area contributed by atoms with Crippen LogP contribution in [0, 0.1) is 11.3 Å². The standard InChI is InChI=1S/C12H9N3O3/c1-8(16)18-11-9-4-2-3-5-10(9)12(17)15(14-11)7-6-13/h2-5H,7H2,1H3. The van der Waals surface area contributed by atoms with Crippen LogP contribution in [-0.4, -0.2) is 15.7 Å². The van der Waals surface area contributed by atoms with Crippen LogP contribution in [0.4, 0.5) is 0 Å². The number of carbonyl (C=O) groups excluding carboxylic acids is 1. The van der Waals surface area contributed by atoms with Crippen LogP contribution in [0.3, 0.4) is 0 Å². The van der Waals surface area contributed by atoms with Crippen LogP contribution in [0.2, 0.25) is 0 Å². The molecule has 0 atom stereocenters. The van der Waals surface area contributed by atoms with E-state index >= 15 is 0 Å². The maximum Gasteiger partial charge on any atom is 0.309 e. The highest BCUT2D eigenvalue weighted by atomic mass is 16.5. The molecule has 0 amide bonds. The van der Waals surface area contributed by atoms with Gasteiger partial charge in [0, 0.05) is 6.92 Å². The summed E-state index contributed by atoms with van der Waals surface area (Å²) in [6.07, 6.45) is 0. The van der Waals surface area contributed by atoms with E-state index in [1.165, 1.54) is 6.92 Å². The van der Waals surface area contributed by atoms with Gasteiger partial charge in [0.15, 0.2) is 0 Å². The van der Waals surface area contributed by atoms with E-state index in [2.05, 4.69) is 5.10 Å². The minimum absolute atomic E-state index is 0.0351. The lowest BCUT2D eigenvalue weighted by Gasteiger charge is -2.07. The second-order valence-corrected chi connectivity index (χ2v) is 3.57. The van der Waals surface area contributed by atoms with Crippen LogP contribution in [0.25, 0.3) is 10.8 Å². The molecule has 18 heavy (non-hydrogen) atoms. The molecular weight excluding hydrogens is 234 g/mol. The average Bonchev–Trinajstić information content (AvgIpc) is 2.35. The van der Waals surface area contributed by atoms with Gasteiger partial charge in [0.1, 0.15) is 6.54 Å². The summed E-state index contributed by atoms with van der Waals surface area (Å²) < 4.78 is 5.92. The normalized spacial score (nSPS) is 10.0. The minimum Gasteiger partial charge on any atom is -0.405 e. The van der Waals surface area contributed by atoms with Crippen LogP contribution >= 0.6 is 0 Å². The van der Waals surface area contributed by atoms with E-state index in [1.54, 1.807) is 24.3 Å². The number of hydrogen-bond donors (Lipinski definition) is 0. The van der Waals surface area contributed by atoms with Gasteiger partial charge in [-0.2, -0.15) is 5.26 Å². The molecule has 1 aromatic heterocycles. The first-order valence-electron chi connectivity index (χ1n) is 5.18. The summed E-state index contributed by atoms with van der Waals surface area (Å²) in [6, 6.07) is 8.47. The summed E-state index contributed by atoms with van der Waals surface area (Å²) in [5.74, 6) is -0.497. The first kappa shape index (κ1) is 11.8. The van der Waals surface area contributed by atoms with Crippen LogP contribution in [-0.2, 0) is 11.3 Å². The number of aromatic nitrogens is 2. The third kappa shape index (κ3) is 2.06. The Kier molecular flexibility index (Phi) is 3.06. The summed E-state index contributed by atoms with van der Waals surface area (Å²) in [6.45, 7) is 1.05. The zero-order valence-electron chi connectivity index (χ0n) is 9.58. The Morgan fingerprint density at radius 2 is 2.11 bits per heavy atom. The van der Waals surface area contributed by atoms with E-state index in [1.807, 2.05) is 6.07 Å². The summed E-state index contributed by atoms with van der Waals surface area (Å²) in [4.78, 5) is 23.0. The molecule has 1 aromatic carbocycles. The molecule has 1 heterocycles. The summed E-state index contributed by atoms with van der Waals surface area (Å²) in [5.41, 5.74) is -0.386. The molecule has 0 aliphatic heterocycles. The molecule has 0 saturated heterocycles. The predicted molar refractivity (Wildman–Crippen MR) is 62.9 cm³/mol. The molecule has 2 rings (SSSR count). The fraction of sp³-hybridized carbons (Fsp3) is 0.167. The fourth-order valence-electron chi connectivity index (χ4n) is 1.59. The monoisotopic (exact) mass is 243 g/mol. The zero-order valence-corrected chi connectivity index (χ0v) is 9.58. The smallest absolute Gasteiger partial charge is 0.309 e. The van der Waals surface area contributed by atoms with Crippen molar-refractivity contribution in [3.63, 3.8) is 0 Å². The molecule has 0 N–H and O–H groups in total. The first-order chi connectivity index (χ1) is 8.63. The molecule has 0 aliphatic rings. The number of ether oxygens (including phenoxy) is 1. The first-order valence-corrected chi connectivity index (χ1v) is 5.18. The third-order valence-electron chi connectivity index (χ3n) is 2.29. The molecule has 0 radical (unpaired) electrons. The van der Waals surface area contributed by atoms with Gasteiger partial charge in [-0.05, 0) is 12.1 Å². The van der Waals surface area contributed by atoms with Gasteiger partial charge in [0.25, 0.3) is 5.56 Å². The van der Waals surface area contributed by atoms with Gasteiger partial charge in [0.2, 0.25) is 5.88 Å². The highest BCUT2D eigenvalue weighted by Crippen LogP contribution is 2.19. The number of fused-ring (bicyclic) bond motifs is 1. The van der Waals surface area contributed by atoms with Gasteiger partial charge in [0.05, 0.1) is 16.8 Å². The number of nitrogens with zero attached hydrogens (tertiary/aromatic N) is 3. The lowest BCUT2D eigenvalue weighted by molar-refractivity contribution is -0.132. The molecule has 6 heteroatoms. The van der Waals surface area contributed by atoms with Crippen LogP contribution in [0.5, 0.6) is 5.88 Å². The zero-order chi connectivity index (χ0) is 13.1. The number of carbonyl (C=O) groups is 1. The SMILES string of the molecule is CC(=O)Oc1nn(CC#N)c(=O)c2ccccc12. The van der Waals surface area contributed by atoms with Crippen molar-refractivity contribution in [2.24, 2.45) is 0 Å². The molecular formula is C12H9N3O3. The Morgan fingerprint density at radius 3 is 2.72 bits per heavy atom. The average molecular weight is 243 g/mol. The minimum atomic E-state index is -0.533. The van der Waals surface area contributed by atoms with Crippen molar-refractivity contribution in [1.82, 2.24) is 9.78 Å². The lowest BCUT2D eigenvalue weighted by Crippen LogP contribution is -2.24. The Morgan fingerprint density at radius 1 is 1.44 bits per heavy atom. The number of nitriles is 1. The van der Waals surface area contributed by atoms with Gasteiger partial charge in [-0.3, -0.25) is 9.59 Å². The highest BCUT2D eigenvalue weighted by molar-refractivity contribution is 5.87. The van der Waals surface area contributed by atoms with Gasteiger partial charge in [-0.1, -0.05) is 12.1 Å². The van der Waals surface area contributed by atoms with E-state index < -0.39 is 5.97 Å². The molecule has 0 bridgehead atoms. The molecule has 0 saturated carbocycles. The van der Waals surface area contributed by atoms with E-state index in [-0.39, 0.29) is 18.0 Å². The van der Waals surface area contributed by atoms with Crippen molar-refractivity contribution < 1.29 is 9.53 Å². The van der Waals surface area contributed by atoms with E-state index in [4.69, 9.17) is 10.00 Å². The molecule has 90 valence electrons. The van der Waals surface area contributed by atoms with Gasteiger partial charge in [-0.25, -0.2) is 4.68 Å². The highest BCUT2D eigenvalue weighted by Gasteiger charge is 2.12. The lowest BCUT2D eigenvalue weighted by atomic mass is 10.2. The fourth-order valence-corrected chi connectivity index (χ4v) is 1.59. The van der Waals surface area contributed by atoms with Crippen LogP contribution < -0.4 is 10.3 Å².